The van der Waals surface area contributed by atoms with E-state index in [4.69, 9.17) is 16.6 Å². The van der Waals surface area contributed by atoms with Gasteiger partial charge in [0.25, 0.3) is 0 Å². The Morgan fingerprint density at radius 2 is 1.73 bits per heavy atom. The summed E-state index contributed by atoms with van der Waals surface area (Å²) >= 11 is 9.80. The highest BCUT2D eigenvalue weighted by atomic mass is 79.9. The molecule has 3 nitrogen and oxygen atoms in total. The first kappa shape index (κ1) is 21.0. The maximum atomic E-state index is 10.6. The number of hydrogen-bond donors (Lipinski definition) is 1. The Bertz CT molecular complexity index is 1060. The molecule has 0 unspecified atom stereocenters. The molecule has 5 heteroatoms. The Kier molecular flexibility index (Phi) is 6.76. The topological polar surface area (TPSA) is 35.8 Å². The third-order valence-electron chi connectivity index (χ3n) is 5.43. The van der Waals surface area contributed by atoms with Gasteiger partial charge in [-0.2, -0.15) is 0 Å². The number of aliphatic imine (C=N–C) groups is 1. The van der Waals surface area contributed by atoms with Crippen LogP contribution in [-0.4, -0.2) is 24.4 Å². The molecule has 0 amide bonds. The molecule has 1 aliphatic rings. The van der Waals surface area contributed by atoms with E-state index in [0.29, 0.717) is 16.5 Å². The molecule has 0 saturated carbocycles. The fraction of sp³-hybridized carbons (Fsp3) is 0.240. The fourth-order valence-corrected chi connectivity index (χ4v) is 4.58. The molecule has 0 aliphatic carbocycles. The molecule has 1 fully saturated rings. The molecule has 0 bridgehead atoms. The van der Waals surface area contributed by atoms with Gasteiger partial charge in [-0.3, -0.25) is 4.99 Å². The van der Waals surface area contributed by atoms with Gasteiger partial charge in [0, 0.05) is 29.9 Å². The van der Waals surface area contributed by atoms with Crippen molar-refractivity contribution in [3.05, 3.63) is 86.8 Å². The fourth-order valence-electron chi connectivity index (χ4n) is 3.86. The minimum atomic E-state index is 0.192. The Labute approximate surface area is 191 Å². The van der Waals surface area contributed by atoms with E-state index in [-0.39, 0.29) is 5.75 Å². The summed E-state index contributed by atoms with van der Waals surface area (Å²) in [5.41, 5.74) is 4.86. The number of benzene rings is 3. The summed E-state index contributed by atoms with van der Waals surface area (Å²) in [5, 5.41) is 11.3. The maximum Gasteiger partial charge on any atom is 0.138 e. The molecule has 0 atom stereocenters. The van der Waals surface area contributed by atoms with Gasteiger partial charge in [0.1, 0.15) is 5.75 Å². The van der Waals surface area contributed by atoms with Crippen molar-refractivity contribution in [2.45, 2.75) is 25.7 Å². The van der Waals surface area contributed by atoms with Crippen LogP contribution in [0.5, 0.6) is 5.75 Å². The second-order valence-electron chi connectivity index (χ2n) is 7.58. The number of anilines is 1. The van der Waals surface area contributed by atoms with Crippen LogP contribution in [0.3, 0.4) is 0 Å². The molecule has 1 heterocycles. The summed E-state index contributed by atoms with van der Waals surface area (Å²) in [6.07, 6.45) is 6.16. The lowest BCUT2D eigenvalue weighted by molar-refractivity contribution is 0.471. The molecule has 30 heavy (non-hydrogen) atoms. The summed E-state index contributed by atoms with van der Waals surface area (Å²) in [5.74, 6) is 0.192. The average Bonchev–Trinajstić information content (AvgIpc) is 2.77. The molecule has 0 spiro atoms. The van der Waals surface area contributed by atoms with E-state index < -0.39 is 0 Å². The number of halogens is 2. The first-order chi connectivity index (χ1) is 14.6. The highest BCUT2D eigenvalue weighted by molar-refractivity contribution is 9.10. The van der Waals surface area contributed by atoms with Crippen LogP contribution in [0.15, 0.2) is 70.1 Å². The van der Waals surface area contributed by atoms with Crippen LogP contribution >= 0.6 is 27.5 Å². The lowest BCUT2D eigenvalue weighted by Gasteiger charge is -2.29. The Hall–Kier alpha value is -2.30. The van der Waals surface area contributed by atoms with Gasteiger partial charge >= 0.3 is 0 Å². The van der Waals surface area contributed by atoms with Crippen LogP contribution in [0.4, 0.5) is 11.4 Å². The molecule has 1 N–H and O–H groups in total. The molecular formula is C25H24BrClN2O. The number of hydrogen-bond acceptors (Lipinski definition) is 3. The predicted octanol–water partition coefficient (Wildman–Crippen LogP) is 7.14. The zero-order valence-corrected chi connectivity index (χ0v) is 19.0. The Balaban J connectivity index is 1.63. The highest BCUT2D eigenvalue weighted by Gasteiger charge is 2.14. The second kappa shape index (κ2) is 9.67. The van der Waals surface area contributed by atoms with Gasteiger partial charge < -0.3 is 10.0 Å². The third kappa shape index (κ3) is 4.88. The summed E-state index contributed by atoms with van der Waals surface area (Å²) in [7, 11) is 0. The maximum absolute atomic E-state index is 10.6. The average molecular weight is 484 g/mol. The van der Waals surface area contributed by atoms with Crippen molar-refractivity contribution < 1.29 is 5.11 Å². The number of phenols is 1. The first-order valence-corrected chi connectivity index (χ1v) is 11.4. The molecular weight excluding hydrogens is 460 g/mol. The van der Waals surface area contributed by atoms with Crippen molar-refractivity contribution in [3.63, 3.8) is 0 Å². The lowest BCUT2D eigenvalue weighted by atomic mass is 10.0. The number of piperidine rings is 1. The molecule has 4 rings (SSSR count). The van der Waals surface area contributed by atoms with E-state index in [9.17, 15) is 5.11 Å². The molecule has 3 aromatic rings. The largest absolute Gasteiger partial charge is 0.506 e. The third-order valence-corrected chi connectivity index (χ3v) is 6.40. The van der Waals surface area contributed by atoms with Crippen LogP contribution in [0.25, 0.3) is 0 Å². The summed E-state index contributed by atoms with van der Waals surface area (Å²) in [6, 6.07) is 19.9. The van der Waals surface area contributed by atoms with E-state index in [1.165, 1.54) is 19.3 Å². The van der Waals surface area contributed by atoms with Crippen LogP contribution in [0, 0.1) is 0 Å². The number of phenolic OH excluding ortho intramolecular Hbond substituents is 1. The van der Waals surface area contributed by atoms with Crippen molar-refractivity contribution in [3.8, 4) is 5.75 Å². The summed E-state index contributed by atoms with van der Waals surface area (Å²) in [4.78, 5) is 7.15. The molecule has 3 aromatic carbocycles. The van der Waals surface area contributed by atoms with E-state index >= 15 is 0 Å². The van der Waals surface area contributed by atoms with E-state index in [2.05, 4.69) is 33.0 Å². The summed E-state index contributed by atoms with van der Waals surface area (Å²) < 4.78 is 0.651. The summed E-state index contributed by atoms with van der Waals surface area (Å²) in [6.45, 7) is 2.13. The number of aromatic hydroxyl groups is 1. The number of para-hydroxylation sites is 2. The first-order valence-electron chi connectivity index (χ1n) is 10.2. The highest BCUT2D eigenvalue weighted by Crippen LogP contribution is 2.33. The quantitative estimate of drug-likeness (QED) is 0.391. The van der Waals surface area contributed by atoms with Gasteiger partial charge in [0.15, 0.2) is 0 Å². The van der Waals surface area contributed by atoms with Crippen molar-refractivity contribution in [2.75, 3.05) is 18.0 Å². The van der Waals surface area contributed by atoms with Crippen LogP contribution in [0.2, 0.25) is 5.02 Å². The van der Waals surface area contributed by atoms with E-state index in [1.807, 2.05) is 48.5 Å². The van der Waals surface area contributed by atoms with Gasteiger partial charge in [0.2, 0.25) is 0 Å². The molecule has 1 saturated heterocycles. The van der Waals surface area contributed by atoms with Gasteiger partial charge in [-0.15, -0.1) is 0 Å². The molecule has 1 aliphatic heterocycles. The lowest BCUT2D eigenvalue weighted by Crippen LogP contribution is -2.29. The predicted molar refractivity (Wildman–Crippen MR) is 130 cm³/mol. The monoisotopic (exact) mass is 482 g/mol. The Morgan fingerprint density at radius 3 is 2.53 bits per heavy atom. The van der Waals surface area contributed by atoms with Crippen LogP contribution in [0.1, 0.15) is 36.0 Å². The van der Waals surface area contributed by atoms with Gasteiger partial charge in [0.05, 0.1) is 15.8 Å². The molecule has 0 aromatic heterocycles. The van der Waals surface area contributed by atoms with Crippen molar-refractivity contribution in [1.29, 1.82) is 0 Å². The Morgan fingerprint density at radius 1 is 1.00 bits per heavy atom. The van der Waals surface area contributed by atoms with Crippen LogP contribution < -0.4 is 4.90 Å². The van der Waals surface area contributed by atoms with E-state index in [1.54, 1.807) is 6.21 Å². The van der Waals surface area contributed by atoms with Gasteiger partial charge in [-0.1, -0.05) is 41.9 Å². The minimum absolute atomic E-state index is 0.192. The SMILES string of the molecule is Oc1c(Br)cc(Cc2ccccc2Cl)cc1C=Nc1ccccc1N1CCCCC1. The van der Waals surface area contributed by atoms with E-state index in [0.717, 1.165) is 40.6 Å². The number of rotatable bonds is 5. The standard InChI is InChI=1S/C25H24BrClN2O/c26-21-16-18(14-19-8-2-3-9-22(19)27)15-20(25(21)30)17-28-23-10-4-5-11-24(23)29-12-6-1-7-13-29/h2-5,8-11,15-17,30H,1,6-7,12-14H2. The van der Waals surface area contributed by atoms with Gasteiger partial charge in [-0.25, -0.2) is 0 Å². The second-order valence-corrected chi connectivity index (χ2v) is 8.84. The number of nitrogens with zero attached hydrogens (tertiary/aromatic N) is 2. The van der Waals surface area contributed by atoms with Crippen molar-refractivity contribution in [1.82, 2.24) is 0 Å². The minimum Gasteiger partial charge on any atom is -0.506 e. The van der Waals surface area contributed by atoms with Crippen molar-refractivity contribution >= 4 is 45.1 Å². The van der Waals surface area contributed by atoms with Crippen molar-refractivity contribution in [2.24, 2.45) is 4.99 Å². The molecule has 154 valence electrons. The van der Waals surface area contributed by atoms with Crippen LogP contribution in [-0.2, 0) is 6.42 Å². The molecule has 0 radical (unpaired) electrons. The smallest absolute Gasteiger partial charge is 0.138 e. The zero-order chi connectivity index (χ0) is 20.9. The zero-order valence-electron chi connectivity index (χ0n) is 16.7. The van der Waals surface area contributed by atoms with Gasteiger partial charge in [-0.05, 0) is 83.1 Å². The normalized spacial score (nSPS) is 14.4.